The standard InChI is InChI=1S/C20H33N5O.ClH/c26-20(8-5-11-25-15-21-14-22-25)23-19-13-24(12-18(19)16-9-10-16)17-6-3-1-2-4-7-17;/h14-19H,1-13H2,(H,23,26);1H/t18-,19+;/m1./s1. The van der Waals surface area contributed by atoms with Crippen LogP contribution in [0.25, 0.3) is 0 Å². The number of carbonyl (C=O) groups excluding carboxylic acids is 1. The predicted molar refractivity (Wildman–Crippen MR) is 108 cm³/mol. The lowest BCUT2D eigenvalue weighted by Crippen LogP contribution is -2.42. The molecule has 1 N–H and O–H groups in total. The van der Waals surface area contributed by atoms with Crippen molar-refractivity contribution in [3.63, 3.8) is 0 Å². The zero-order chi connectivity index (χ0) is 17.8. The first-order valence-electron chi connectivity index (χ1n) is 10.7. The Morgan fingerprint density at radius 2 is 1.85 bits per heavy atom. The summed E-state index contributed by atoms with van der Waals surface area (Å²) in [6.07, 6.45) is 15.7. The van der Waals surface area contributed by atoms with Crippen LogP contribution in [0.2, 0.25) is 0 Å². The van der Waals surface area contributed by atoms with E-state index in [4.69, 9.17) is 0 Å². The highest BCUT2D eigenvalue weighted by Crippen LogP contribution is 2.42. The summed E-state index contributed by atoms with van der Waals surface area (Å²) >= 11 is 0. The van der Waals surface area contributed by atoms with Crippen LogP contribution >= 0.6 is 12.4 Å². The number of hydrogen-bond donors (Lipinski definition) is 1. The van der Waals surface area contributed by atoms with E-state index in [0.717, 1.165) is 31.5 Å². The largest absolute Gasteiger partial charge is 0.352 e. The molecule has 4 rings (SSSR count). The van der Waals surface area contributed by atoms with Gasteiger partial charge in [-0.25, -0.2) is 4.98 Å². The monoisotopic (exact) mass is 395 g/mol. The molecule has 152 valence electrons. The van der Waals surface area contributed by atoms with Crippen LogP contribution in [0.3, 0.4) is 0 Å². The summed E-state index contributed by atoms with van der Waals surface area (Å²) in [6.45, 7) is 3.04. The molecule has 1 aromatic heterocycles. The van der Waals surface area contributed by atoms with Gasteiger partial charge in [0.05, 0.1) is 0 Å². The molecule has 6 nitrogen and oxygen atoms in total. The minimum Gasteiger partial charge on any atom is -0.352 e. The third kappa shape index (κ3) is 5.67. The Kier molecular flexibility index (Phi) is 7.53. The minimum atomic E-state index is 0. The number of hydrogen-bond acceptors (Lipinski definition) is 4. The number of aryl methyl sites for hydroxylation is 1. The second kappa shape index (κ2) is 9.87. The Labute approximate surface area is 168 Å². The first-order valence-corrected chi connectivity index (χ1v) is 10.7. The smallest absolute Gasteiger partial charge is 0.220 e. The van der Waals surface area contributed by atoms with Crippen molar-refractivity contribution in [1.29, 1.82) is 0 Å². The van der Waals surface area contributed by atoms with Crippen molar-refractivity contribution in [2.75, 3.05) is 13.1 Å². The van der Waals surface area contributed by atoms with Gasteiger partial charge in [-0.3, -0.25) is 14.4 Å². The molecule has 2 heterocycles. The number of nitrogens with one attached hydrogen (secondary N) is 1. The zero-order valence-corrected chi connectivity index (χ0v) is 17.1. The molecule has 3 fully saturated rings. The van der Waals surface area contributed by atoms with E-state index in [-0.39, 0.29) is 18.3 Å². The number of carbonyl (C=O) groups is 1. The molecule has 2 atom stereocenters. The van der Waals surface area contributed by atoms with Gasteiger partial charge in [0.1, 0.15) is 12.7 Å². The molecule has 0 aromatic carbocycles. The molecule has 3 aliphatic rings. The highest BCUT2D eigenvalue weighted by Gasteiger charge is 2.44. The predicted octanol–water partition coefficient (Wildman–Crippen LogP) is 3.03. The second-order valence-electron chi connectivity index (χ2n) is 8.54. The van der Waals surface area contributed by atoms with E-state index >= 15 is 0 Å². The van der Waals surface area contributed by atoms with Crippen LogP contribution in [0.4, 0.5) is 0 Å². The lowest BCUT2D eigenvalue weighted by atomic mass is 9.98. The average molecular weight is 396 g/mol. The summed E-state index contributed by atoms with van der Waals surface area (Å²) in [5.41, 5.74) is 0. The van der Waals surface area contributed by atoms with Crippen LogP contribution < -0.4 is 5.32 Å². The number of amides is 1. The fourth-order valence-electron chi connectivity index (χ4n) is 4.97. The van der Waals surface area contributed by atoms with Gasteiger partial charge in [-0.2, -0.15) is 5.10 Å². The van der Waals surface area contributed by atoms with Crippen molar-refractivity contribution in [2.45, 2.75) is 82.8 Å². The molecule has 0 radical (unpaired) electrons. The van der Waals surface area contributed by atoms with Crippen LogP contribution in [0.5, 0.6) is 0 Å². The van der Waals surface area contributed by atoms with Crippen LogP contribution in [0.1, 0.15) is 64.2 Å². The van der Waals surface area contributed by atoms with E-state index < -0.39 is 0 Å². The van der Waals surface area contributed by atoms with Gasteiger partial charge < -0.3 is 5.32 Å². The van der Waals surface area contributed by atoms with Crippen molar-refractivity contribution in [1.82, 2.24) is 25.0 Å². The van der Waals surface area contributed by atoms with E-state index in [1.807, 2.05) is 0 Å². The maximum Gasteiger partial charge on any atom is 0.220 e. The Morgan fingerprint density at radius 1 is 1.07 bits per heavy atom. The summed E-state index contributed by atoms with van der Waals surface area (Å²) in [6, 6.07) is 1.12. The summed E-state index contributed by atoms with van der Waals surface area (Å²) in [7, 11) is 0. The fourth-order valence-corrected chi connectivity index (χ4v) is 4.97. The van der Waals surface area contributed by atoms with E-state index in [9.17, 15) is 4.79 Å². The number of halogens is 1. The van der Waals surface area contributed by atoms with Crippen LogP contribution in [0.15, 0.2) is 12.7 Å². The van der Waals surface area contributed by atoms with Crippen LogP contribution in [0, 0.1) is 11.8 Å². The first-order chi connectivity index (χ1) is 12.8. The van der Waals surface area contributed by atoms with Crippen molar-refractivity contribution < 1.29 is 4.79 Å². The number of likely N-dealkylation sites (tertiary alicyclic amines) is 1. The Hall–Kier alpha value is -1.14. The second-order valence-corrected chi connectivity index (χ2v) is 8.54. The normalized spacial score (nSPS) is 27.1. The van der Waals surface area contributed by atoms with Gasteiger partial charge in [0.2, 0.25) is 5.91 Å². The molecular formula is C20H34ClN5O. The van der Waals surface area contributed by atoms with Gasteiger partial charge in [0.25, 0.3) is 0 Å². The average Bonchev–Trinajstić information content (AvgIpc) is 3.30. The molecule has 0 bridgehead atoms. The first kappa shape index (κ1) is 20.6. The zero-order valence-electron chi connectivity index (χ0n) is 16.3. The van der Waals surface area contributed by atoms with E-state index in [2.05, 4.69) is 20.3 Å². The van der Waals surface area contributed by atoms with Crippen molar-refractivity contribution >= 4 is 18.3 Å². The SMILES string of the molecule is Cl.O=C(CCCn1cncn1)N[C@H]1CN(C2CCCCCC2)C[C@@H]1C1CC1. The number of nitrogens with zero attached hydrogens (tertiary/aromatic N) is 4. The van der Waals surface area contributed by atoms with Gasteiger partial charge in [0.15, 0.2) is 0 Å². The molecule has 2 aliphatic carbocycles. The lowest BCUT2D eigenvalue weighted by Gasteiger charge is -2.26. The highest BCUT2D eigenvalue weighted by atomic mass is 35.5. The van der Waals surface area contributed by atoms with Gasteiger partial charge in [0, 0.05) is 38.1 Å². The maximum absolute atomic E-state index is 12.5. The molecule has 2 saturated carbocycles. The third-order valence-electron chi connectivity index (χ3n) is 6.57. The topological polar surface area (TPSA) is 63.1 Å². The summed E-state index contributed by atoms with van der Waals surface area (Å²) in [5, 5.41) is 7.49. The van der Waals surface area contributed by atoms with E-state index in [0.29, 0.717) is 18.4 Å². The molecular weight excluding hydrogens is 362 g/mol. The van der Waals surface area contributed by atoms with Crippen LogP contribution in [-0.2, 0) is 11.3 Å². The van der Waals surface area contributed by atoms with Crippen LogP contribution in [-0.4, -0.2) is 50.7 Å². The van der Waals surface area contributed by atoms with E-state index in [1.165, 1.54) is 57.9 Å². The molecule has 1 saturated heterocycles. The van der Waals surface area contributed by atoms with Crippen molar-refractivity contribution in [2.24, 2.45) is 11.8 Å². The third-order valence-corrected chi connectivity index (χ3v) is 6.57. The summed E-state index contributed by atoms with van der Waals surface area (Å²) in [4.78, 5) is 19.1. The molecule has 1 aromatic rings. The molecule has 1 aliphatic heterocycles. The lowest BCUT2D eigenvalue weighted by molar-refractivity contribution is -0.122. The van der Waals surface area contributed by atoms with Gasteiger partial charge >= 0.3 is 0 Å². The summed E-state index contributed by atoms with van der Waals surface area (Å²) in [5.74, 6) is 1.74. The van der Waals surface area contributed by atoms with Gasteiger partial charge in [-0.1, -0.05) is 25.7 Å². The molecule has 0 spiro atoms. The Morgan fingerprint density at radius 3 is 2.52 bits per heavy atom. The fraction of sp³-hybridized carbons (Fsp3) is 0.850. The number of aromatic nitrogens is 3. The van der Waals surface area contributed by atoms with Crippen molar-refractivity contribution in [3.8, 4) is 0 Å². The Bertz CT molecular complexity index is 569. The van der Waals surface area contributed by atoms with Crippen molar-refractivity contribution in [3.05, 3.63) is 12.7 Å². The quantitative estimate of drug-likeness (QED) is 0.721. The number of rotatable bonds is 7. The van der Waals surface area contributed by atoms with Gasteiger partial charge in [-0.05, 0) is 43.9 Å². The summed E-state index contributed by atoms with van der Waals surface area (Å²) < 4.78 is 1.80. The molecule has 27 heavy (non-hydrogen) atoms. The Balaban J connectivity index is 0.00000210. The minimum absolute atomic E-state index is 0. The molecule has 7 heteroatoms. The van der Waals surface area contributed by atoms with E-state index in [1.54, 1.807) is 17.3 Å². The highest BCUT2D eigenvalue weighted by molar-refractivity contribution is 5.85. The maximum atomic E-state index is 12.5. The molecule has 0 unspecified atom stereocenters. The molecule has 1 amide bonds. The van der Waals surface area contributed by atoms with Gasteiger partial charge in [-0.15, -0.1) is 12.4 Å².